The number of fused-ring (bicyclic) bond motifs is 1. The highest BCUT2D eigenvalue weighted by Gasteiger charge is 2.32. The Hall–Kier alpha value is -2.26. The summed E-state index contributed by atoms with van der Waals surface area (Å²) in [5.41, 5.74) is 0.627. The number of aromatic nitrogens is 3. The van der Waals surface area contributed by atoms with Gasteiger partial charge in [-0.3, -0.25) is 9.36 Å². The van der Waals surface area contributed by atoms with Gasteiger partial charge in [-0.1, -0.05) is 11.8 Å². The van der Waals surface area contributed by atoms with Gasteiger partial charge in [0.1, 0.15) is 13.2 Å². The van der Waals surface area contributed by atoms with E-state index in [0.717, 1.165) is 37.0 Å². The number of anilines is 1. The molecule has 1 saturated heterocycles. The summed E-state index contributed by atoms with van der Waals surface area (Å²) in [6.07, 6.45) is 2.28. The molecule has 1 saturated carbocycles. The average Bonchev–Trinajstić information content (AvgIpc) is 3.51. The maximum Gasteiger partial charge on any atom is 0.228 e. The molecule has 2 fully saturated rings. The summed E-state index contributed by atoms with van der Waals surface area (Å²) < 4.78 is 18.7. The SMILES string of the molecule is O=C(CSc1nnc(N2CCOCC2)n1C1CC1)c1ccc2c(c1)OCCO2. The summed E-state index contributed by atoms with van der Waals surface area (Å²) in [5, 5.41) is 9.62. The molecule has 0 N–H and O–H groups in total. The van der Waals surface area contributed by atoms with E-state index in [1.807, 2.05) is 0 Å². The Morgan fingerprint density at radius 2 is 1.86 bits per heavy atom. The van der Waals surface area contributed by atoms with Crippen molar-refractivity contribution in [3.05, 3.63) is 23.8 Å². The highest BCUT2D eigenvalue weighted by molar-refractivity contribution is 7.99. The molecular weight excluding hydrogens is 380 g/mol. The van der Waals surface area contributed by atoms with Crippen LogP contribution in [-0.2, 0) is 4.74 Å². The van der Waals surface area contributed by atoms with E-state index in [2.05, 4.69) is 19.7 Å². The predicted octanol–water partition coefficient (Wildman–Crippen LogP) is 2.20. The van der Waals surface area contributed by atoms with Gasteiger partial charge < -0.3 is 19.1 Å². The third-order valence-electron chi connectivity index (χ3n) is 5.05. The lowest BCUT2D eigenvalue weighted by Gasteiger charge is -2.27. The van der Waals surface area contributed by atoms with Crippen molar-refractivity contribution in [3.63, 3.8) is 0 Å². The first kappa shape index (κ1) is 17.8. The van der Waals surface area contributed by atoms with Crippen LogP contribution in [0, 0.1) is 0 Å². The molecule has 1 aliphatic carbocycles. The second kappa shape index (κ2) is 7.63. The number of ketones is 1. The zero-order valence-corrected chi connectivity index (χ0v) is 16.3. The number of morpholine rings is 1. The van der Waals surface area contributed by atoms with Crippen molar-refractivity contribution in [2.75, 3.05) is 50.2 Å². The van der Waals surface area contributed by atoms with Gasteiger partial charge in [-0.2, -0.15) is 0 Å². The van der Waals surface area contributed by atoms with E-state index in [4.69, 9.17) is 14.2 Å². The molecule has 0 amide bonds. The maximum atomic E-state index is 12.7. The minimum atomic E-state index is 0.0419. The fourth-order valence-corrected chi connectivity index (χ4v) is 4.32. The van der Waals surface area contributed by atoms with Crippen molar-refractivity contribution in [1.82, 2.24) is 14.8 Å². The first-order valence-corrected chi connectivity index (χ1v) is 10.6. The van der Waals surface area contributed by atoms with Gasteiger partial charge in [0.15, 0.2) is 22.4 Å². The van der Waals surface area contributed by atoms with Crippen molar-refractivity contribution >= 4 is 23.5 Å². The standard InChI is InChI=1S/C19H22N4O4S/c24-15(13-1-4-16-17(11-13)27-10-9-26-16)12-28-19-21-20-18(23(19)14-2-3-14)22-5-7-25-8-6-22/h1,4,11,14H,2-3,5-10,12H2. The molecule has 2 aromatic rings. The molecule has 1 aromatic heterocycles. The molecule has 2 aliphatic heterocycles. The Labute approximate surface area is 167 Å². The van der Waals surface area contributed by atoms with Gasteiger partial charge in [-0.05, 0) is 31.0 Å². The lowest BCUT2D eigenvalue weighted by molar-refractivity contribution is 0.102. The number of nitrogens with zero attached hydrogens (tertiary/aromatic N) is 4. The van der Waals surface area contributed by atoms with E-state index in [9.17, 15) is 4.79 Å². The fourth-order valence-electron chi connectivity index (χ4n) is 3.43. The molecule has 148 valence electrons. The molecule has 8 nitrogen and oxygen atoms in total. The Balaban J connectivity index is 1.30. The molecular formula is C19H22N4O4S. The Morgan fingerprint density at radius 1 is 1.07 bits per heavy atom. The van der Waals surface area contributed by atoms with Crippen LogP contribution in [0.15, 0.2) is 23.4 Å². The van der Waals surface area contributed by atoms with Gasteiger partial charge >= 0.3 is 0 Å². The summed E-state index contributed by atoms with van der Waals surface area (Å²) in [5.74, 6) is 2.59. The largest absolute Gasteiger partial charge is 0.486 e. The number of hydrogen-bond donors (Lipinski definition) is 0. The Bertz CT molecular complexity index is 877. The van der Waals surface area contributed by atoms with Crippen LogP contribution < -0.4 is 14.4 Å². The maximum absolute atomic E-state index is 12.7. The summed E-state index contributed by atoms with van der Waals surface area (Å²) in [6, 6.07) is 5.80. The lowest BCUT2D eigenvalue weighted by atomic mass is 10.1. The van der Waals surface area contributed by atoms with Crippen LogP contribution in [0.1, 0.15) is 29.2 Å². The van der Waals surface area contributed by atoms with Crippen LogP contribution in [0.3, 0.4) is 0 Å². The number of hydrogen-bond acceptors (Lipinski definition) is 8. The Morgan fingerprint density at radius 3 is 2.64 bits per heavy atom. The molecule has 3 heterocycles. The average molecular weight is 402 g/mol. The third kappa shape index (κ3) is 3.56. The van der Waals surface area contributed by atoms with Gasteiger partial charge in [0.2, 0.25) is 5.95 Å². The van der Waals surface area contributed by atoms with Crippen LogP contribution >= 0.6 is 11.8 Å². The highest BCUT2D eigenvalue weighted by atomic mass is 32.2. The summed E-state index contributed by atoms with van der Waals surface area (Å²) in [6.45, 7) is 4.12. The molecule has 0 unspecified atom stereocenters. The van der Waals surface area contributed by atoms with E-state index in [-0.39, 0.29) is 5.78 Å². The number of carbonyl (C=O) groups is 1. The number of rotatable bonds is 6. The fraction of sp³-hybridized carbons (Fsp3) is 0.526. The normalized spacial score (nSPS) is 18.9. The minimum absolute atomic E-state index is 0.0419. The predicted molar refractivity (Wildman–Crippen MR) is 104 cm³/mol. The number of ether oxygens (including phenoxy) is 3. The summed E-state index contributed by atoms with van der Waals surface area (Å²) in [7, 11) is 0. The second-order valence-corrected chi connectivity index (χ2v) is 8.00. The van der Waals surface area contributed by atoms with E-state index in [1.54, 1.807) is 18.2 Å². The Kier molecular flexibility index (Phi) is 4.86. The van der Waals surface area contributed by atoms with Crippen molar-refractivity contribution in [1.29, 1.82) is 0 Å². The molecule has 9 heteroatoms. The molecule has 0 spiro atoms. The van der Waals surface area contributed by atoms with Gasteiger partial charge in [-0.15, -0.1) is 10.2 Å². The molecule has 5 rings (SSSR count). The zero-order valence-electron chi connectivity index (χ0n) is 15.5. The van der Waals surface area contributed by atoms with Gasteiger partial charge in [-0.25, -0.2) is 0 Å². The molecule has 3 aliphatic rings. The van der Waals surface area contributed by atoms with E-state index in [1.165, 1.54) is 11.8 Å². The highest BCUT2D eigenvalue weighted by Crippen LogP contribution is 2.41. The monoisotopic (exact) mass is 402 g/mol. The number of carbonyl (C=O) groups excluding carboxylic acids is 1. The summed E-state index contributed by atoms with van der Waals surface area (Å²) >= 11 is 1.45. The lowest BCUT2D eigenvalue weighted by Crippen LogP contribution is -2.38. The molecule has 0 radical (unpaired) electrons. The van der Waals surface area contributed by atoms with Crippen molar-refractivity contribution < 1.29 is 19.0 Å². The zero-order chi connectivity index (χ0) is 18.9. The molecule has 0 bridgehead atoms. The quantitative estimate of drug-likeness (QED) is 0.538. The van der Waals surface area contributed by atoms with Crippen molar-refractivity contribution in [2.24, 2.45) is 0 Å². The van der Waals surface area contributed by atoms with Crippen LogP contribution in [0.25, 0.3) is 0 Å². The van der Waals surface area contributed by atoms with Gasteiger partial charge in [0, 0.05) is 24.7 Å². The first-order valence-electron chi connectivity index (χ1n) is 9.63. The minimum Gasteiger partial charge on any atom is -0.486 e. The van der Waals surface area contributed by atoms with Gasteiger partial charge in [0.25, 0.3) is 0 Å². The van der Waals surface area contributed by atoms with Crippen LogP contribution in [-0.4, -0.2) is 65.8 Å². The van der Waals surface area contributed by atoms with Crippen molar-refractivity contribution in [3.8, 4) is 11.5 Å². The second-order valence-electron chi connectivity index (χ2n) is 7.05. The summed E-state index contributed by atoms with van der Waals surface area (Å²) in [4.78, 5) is 14.9. The van der Waals surface area contributed by atoms with E-state index >= 15 is 0 Å². The number of thioether (sulfide) groups is 1. The number of Topliss-reactive ketones (excluding diaryl/α,β-unsaturated/α-hetero) is 1. The first-order chi connectivity index (χ1) is 13.8. The van der Waals surface area contributed by atoms with Crippen LogP contribution in [0.5, 0.6) is 11.5 Å². The smallest absolute Gasteiger partial charge is 0.228 e. The van der Waals surface area contributed by atoms with E-state index < -0.39 is 0 Å². The van der Waals surface area contributed by atoms with Crippen LogP contribution in [0.4, 0.5) is 5.95 Å². The number of benzene rings is 1. The van der Waals surface area contributed by atoms with E-state index in [0.29, 0.717) is 55.3 Å². The van der Waals surface area contributed by atoms with Crippen LogP contribution in [0.2, 0.25) is 0 Å². The third-order valence-corrected chi connectivity index (χ3v) is 5.99. The molecule has 28 heavy (non-hydrogen) atoms. The topological polar surface area (TPSA) is 78.7 Å². The molecule has 1 aromatic carbocycles. The van der Waals surface area contributed by atoms with Gasteiger partial charge in [0.05, 0.1) is 19.0 Å². The van der Waals surface area contributed by atoms with Crippen molar-refractivity contribution in [2.45, 2.75) is 24.0 Å². The molecule has 0 atom stereocenters.